The lowest BCUT2D eigenvalue weighted by Gasteiger charge is -2.25. The Morgan fingerprint density at radius 2 is 1.97 bits per heavy atom. The highest BCUT2D eigenvalue weighted by atomic mass is 16.5. The number of benzene rings is 2. The van der Waals surface area contributed by atoms with Gasteiger partial charge in [-0.05, 0) is 72.0 Å². The summed E-state index contributed by atoms with van der Waals surface area (Å²) in [6.07, 6.45) is 7.51. The van der Waals surface area contributed by atoms with E-state index in [1.54, 1.807) is 17.2 Å². The standard InChI is InChI=1S/C27H30N2O4/c1-20(26(30)10-5-22-3-2-12-28-19-22)33-25-9-8-23-17-21(4-7-24(23)18-25)6-11-27(31)29-13-15-32-16-14-29/h2-4,6-9,11-12,17-20,26,30H,5,10,13-16H2,1H3. The van der Waals surface area contributed by atoms with E-state index in [9.17, 15) is 9.90 Å². The molecule has 0 aliphatic carbocycles. The van der Waals surface area contributed by atoms with Gasteiger partial charge in [0.25, 0.3) is 0 Å². The number of aliphatic hydroxyl groups is 1. The molecule has 2 atom stereocenters. The van der Waals surface area contributed by atoms with Crippen LogP contribution in [0.5, 0.6) is 5.75 Å². The van der Waals surface area contributed by atoms with Crippen LogP contribution in [0.4, 0.5) is 0 Å². The lowest BCUT2D eigenvalue weighted by Crippen LogP contribution is -2.39. The zero-order valence-corrected chi connectivity index (χ0v) is 18.9. The van der Waals surface area contributed by atoms with Crippen LogP contribution in [0.25, 0.3) is 16.8 Å². The topological polar surface area (TPSA) is 71.9 Å². The van der Waals surface area contributed by atoms with Crippen molar-refractivity contribution in [3.05, 3.63) is 78.1 Å². The monoisotopic (exact) mass is 446 g/mol. The number of carbonyl (C=O) groups is 1. The zero-order chi connectivity index (χ0) is 23.0. The molecule has 1 saturated heterocycles. The molecule has 6 heteroatoms. The first-order valence-electron chi connectivity index (χ1n) is 11.4. The van der Waals surface area contributed by atoms with Gasteiger partial charge in [0.2, 0.25) is 5.91 Å². The number of pyridine rings is 1. The molecule has 1 fully saturated rings. The molecule has 1 aliphatic heterocycles. The molecule has 2 aromatic carbocycles. The van der Waals surface area contributed by atoms with Crippen LogP contribution in [0, 0.1) is 0 Å². The molecular formula is C27H30N2O4. The van der Waals surface area contributed by atoms with Gasteiger partial charge in [-0.2, -0.15) is 0 Å². The van der Waals surface area contributed by atoms with Crippen molar-refractivity contribution in [1.82, 2.24) is 9.88 Å². The molecule has 4 rings (SSSR count). The molecule has 3 aromatic rings. The molecule has 1 aromatic heterocycles. The number of aryl methyl sites for hydroxylation is 1. The van der Waals surface area contributed by atoms with Gasteiger partial charge in [0.05, 0.1) is 19.3 Å². The molecular weight excluding hydrogens is 416 g/mol. The fourth-order valence-corrected chi connectivity index (χ4v) is 3.86. The van der Waals surface area contributed by atoms with Crippen molar-refractivity contribution in [3.8, 4) is 5.75 Å². The number of morpholine rings is 1. The molecule has 1 N–H and O–H groups in total. The summed E-state index contributed by atoms with van der Waals surface area (Å²) in [5.41, 5.74) is 2.07. The summed E-state index contributed by atoms with van der Waals surface area (Å²) in [6, 6.07) is 15.9. The molecule has 2 heterocycles. The van der Waals surface area contributed by atoms with Crippen LogP contribution in [0.1, 0.15) is 24.5 Å². The average Bonchev–Trinajstić information content (AvgIpc) is 2.86. The van der Waals surface area contributed by atoms with Crippen LogP contribution in [-0.2, 0) is 16.0 Å². The Labute approximate surface area is 194 Å². The summed E-state index contributed by atoms with van der Waals surface area (Å²) in [5.74, 6) is 0.736. The number of aromatic nitrogens is 1. The molecule has 0 spiro atoms. The summed E-state index contributed by atoms with van der Waals surface area (Å²) in [4.78, 5) is 18.2. The number of hydrogen-bond acceptors (Lipinski definition) is 5. The smallest absolute Gasteiger partial charge is 0.246 e. The molecule has 0 bridgehead atoms. The summed E-state index contributed by atoms with van der Waals surface area (Å²) in [6.45, 7) is 4.36. The number of aliphatic hydroxyl groups excluding tert-OH is 1. The number of ether oxygens (including phenoxy) is 2. The minimum Gasteiger partial charge on any atom is -0.488 e. The van der Waals surface area contributed by atoms with Crippen LogP contribution in [0.2, 0.25) is 0 Å². The van der Waals surface area contributed by atoms with Gasteiger partial charge in [0.15, 0.2) is 0 Å². The molecule has 172 valence electrons. The molecule has 0 radical (unpaired) electrons. The van der Waals surface area contributed by atoms with Crippen molar-refractivity contribution in [3.63, 3.8) is 0 Å². The van der Waals surface area contributed by atoms with E-state index in [2.05, 4.69) is 4.98 Å². The minimum atomic E-state index is -0.572. The Hall–Kier alpha value is -3.22. The van der Waals surface area contributed by atoms with E-state index in [0.29, 0.717) is 32.7 Å². The van der Waals surface area contributed by atoms with E-state index >= 15 is 0 Å². The predicted molar refractivity (Wildman–Crippen MR) is 129 cm³/mol. The first kappa shape index (κ1) is 23.0. The van der Waals surface area contributed by atoms with Crippen LogP contribution >= 0.6 is 0 Å². The number of fused-ring (bicyclic) bond motifs is 1. The van der Waals surface area contributed by atoms with Crippen molar-refractivity contribution >= 4 is 22.8 Å². The minimum absolute atomic E-state index is 0.0122. The van der Waals surface area contributed by atoms with Crippen molar-refractivity contribution in [2.75, 3.05) is 26.3 Å². The normalized spacial score (nSPS) is 16.1. The summed E-state index contributed by atoms with van der Waals surface area (Å²) >= 11 is 0. The second-order valence-electron chi connectivity index (χ2n) is 8.33. The second-order valence-corrected chi connectivity index (χ2v) is 8.33. The van der Waals surface area contributed by atoms with Gasteiger partial charge >= 0.3 is 0 Å². The molecule has 6 nitrogen and oxygen atoms in total. The maximum Gasteiger partial charge on any atom is 0.246 e. The number of hydrogen-bond donors (Lipinski definition) is 1. The van der Waals surface area contributed by atoms with Crippen molar-refractivity contribution in [1.29, 1.82) is 0 Å². The summed E-state index contributed by atoms with van der Waals surface area (Å²) < 4.78 is 11.3. The summed E-state index contributed by atoms with van der Waals surface area (Å²) in [7, 11) is 0. The highest BCUT2D eigenvalue weighted by molar-refractivity contribution is 5.93. The van der Waals surface area contributed by atoms with Crippen LogP contribution in [0.3, 0.4) is 0 Å². The maximum atomic E-state index is 12.3. The molecule has 2 unspecified atom stereocenters. The quantitative estimate of drug-likeness (QED) is 0.532. The van der Waals surface area contributed by atoms with Gasteiger partial charge in [-0.3, -0.25) is 9.78 Å². The van der Waals surface area contributed by atoms with E-state index in [1.807, 2.05) is 67.7 Å². The Bertz CT molecular complexity index is 1090. The first-order chi connectivity index (χ1) is 16.1. The van der Waals surface area contributed by atoms with E-state index in [0.717, 1.165) is 34.1 Å². The molecule has 1 aliphatic rings. The molecule has 1 amide bonds. The van der Waals surface area contributed by atoms with E-state index in [1.165, 1.54) is 0 Å². The Morgan fingerprint density at radius 3 is 2.76 bits per heavy atom. The number of rotatable bonds is 8. The van der Waals surface area contributed by atoms with E-state index in [-0.39, 0.29) is 12.0 Å². The van der Waals surface area contributed by atoms with Gasteiger partial charge in [0, 0.05) is 31.6 Å². The van der Waals surface area contributed by atoms with Gasteiger partial charge in [-0.25, -0.2) is 0 Å². The number of nitrogens with zero attached hydrogens (tertiary/aromatic N) is 2. The third-order valence-corrected chi connectivity index (χ3v) is 5.89. The van der Waals surface area contributed by atoms with Crippen molar-refractivity contribution in [2.45, 2.75) is 32.0 Å². The van der Waals surface area contributed by atoms with Crippen LogP contribution in [-0.4, -0.2) is 59.4 Å². The van der Waals surface area contributed by atoms with Crippen LogP contribution in [0.15, 0.2) is 67.0 Å². The van der Waals surface area contributed by atoms with Gasteiger partial charge in [-0.15, -0.1) is 0 Å². The predicted octanol–water partition coefficient (Wildman–Crippen LogP) is 3.87. The second kappa shape index (κ2) is 11.1. The first-order valence-corrected chi connectivity index (χ1v) is 11.4. The lowest BCUT2D eigenvalue weighted by atomic mass is 10.0. The fraction of sp³-hybridized carbons (Fsp3) is 0.333. The van der Waals surface area contributed by atoms with Gasteiger partial charge in [-0.1, -0.05) is 24.3 Å². The fourth-order valence-electron chi connectivity index (χ4n) is 3.86. The van der Waals surface area contributed by atoms with Gasteiger partial charge < -0.3 is 19.5 Å². The number of amides is 1. The van der Waals surface area contributed by atoms with E-state index < -0.39 is 6.10 Å². The van der Waals surface area contributed by atoms with Gasteiger partial charge in [0.1, 0.15) is 11.9 Å². The SMILES string of the molecule is CC(Oc1ccc2cc(C=CC(=O)N3CCOCC3)ccc2c1)C(O)CCc1cccnc1. The Kier molecular flexibility index (Phi) is 7.70. The third-order valence-electron chi connectivity index (χ3n) is 5.89. The highest BCUT2D eigenvalue weighted by Gasteiger charge is 2.16. The Morgan fingerprint density at radius 1 is 1.18 bits per heavy atom. The van der Waals surface area contributed by atoms with Crippen molar-refractivity contribution in [2.24, 2.45) is 0 Å². The van der Waals surface area contributed by atoms with Crippen LogP contribution < -0.4 is 4.74 Å². The Balaban J connectivity index is 1.35. The van der Waals surface area contributed by atoms with E-state index in [4.69, 9.17) is 9.47 Å². The maximum absolute atomic E-state index is 12.3. The molecule has 0 saturated carbocycles. The summed E-state index contributed by atoms with van der Waals surface area (Å²) in [5, 5.41) is 12.6. The highest BCUT2D eigenvalue weighted by Crippen LogP contribution is 2.24. The third kappa shape index (κ3) is 6.40. The largest absolute Gasteiger partial charge is 0.488 e. The average molecular weight is 447 g/mol. The lowest BCUT2D eigenvalue weighted by molar-refractivity contribution is -0.129. The van der Waals surface area contributed by atoms with Crippen molar-refractivity contribution < 1.29 is 19.4 Å². The number of carbonyl (C=O) groups excluding carboxylic acids is 1. The molecule has 33 heavy (non-hydrogen) atoms. The zero-order valence-electron chi connectivity index (χ0n) is 18.9.